The molecule has 5 heteroatoms. The van der Waals surface area contributed by atoms with Gasteiger partial charge >= 0.3 is 5.97 Å². The molecule has 0 aliphatic carbocycles. The smallest absolute Gasteiger partial charge is 0.335 e. The number of rotatable bonds is 10. The molecular formula is C15H23NO4. The largest absolute Gasteiger partial charge is 0.492 e. The number of nitrogens with one attached hydrogen (secondary N) is 1. The maximum atomic E-state index is 10.8. The third kappa shape index (κ3) is 6.54. The van der Waals surface area contributed by atoms with Crippen molar-refractivity contribution in [2.75, 3.05) is 26.3 Å². The molecule has 1 unspecified atom stereocenters. The standard InChI is InChI=1S/C15H23NO4/c1-12(11-17)4-3-7-16-8-9-20-14-6-2-5-13(10-14)15(18)19/h2,5-6,10,12,16-17H,3-4,7-9,11H2,1H3,(H,18,19). The average molecular weight is 281 g/mol. The van der Waals surface area contributed by atoms with Gasteiger partial charge in [-0.25, -0.2) is 4.79 Å². The zero-order valence-corrected chi connectivity index (χ0v) is 11.8. The van der Waals surface area contributed by atoms with Crippen LogP contribution in [0.25, 0.3) is 0 Å². The molecule has 3 N–H and O–H groups in total. The summed E-state index contributed by atoms with van der Waals surface area (Å²) in [6.45, 7) is 4.37. The summed E-state index contributed by atoms with van der Waals surface area (Å²) >= 11 is 0. The van der Waals surface area contributed by atoms with Crippen LogP contribution in [-0.2, 0) is 0 Å². The first-order valence-corrected chi connectivity index (χ1v) is 6.91. The minimum atomic E-state index is -0.952. The second-order valence-electron chi connectivity index (χ2n) is 4.86. The van der Waals surface area contributed by atoms with Crippen LogP contribution in [0.3, 0.4) is 0 Å². The lowest BCUT2D eigenvalue weighted by Crippen LogP contribution is -2.22. The van der Waals surface area contributed by atoms with Gasteiger partial charge in [0.1, 0.15) is 12.4 Å². The van der Waals surface area contributed by atoms with Crippen LogP contribution in [0.1, 0.15) is 30.1 Å². The Bertz CT molecular complexity index is 409. The van der Waals surface area contributed by atoms with Gasteiger partial charge in [-0.05, 0) is 43.5 Å². The number of carbonyl (C=O) groups is 1. The molecule has 0 radical (unpaired) electrons. The number of aromatic carboxylic acids is 1. The number of ether oxygens (including phenoxy) is 1. The molecule has 1 aromatic rings. The number of hydrogen-bond acceptors (Lipinski definition) is 4. The Morgan fingerprint density at radius 2 is 2.20 bits per heavy atom. The fourth-order valence-corrected chi connectivity index (χ4v) is 1.75. The minimum Gasteiger partial charge on any atom is -0.492 e. The Kier molecular flexibility index (Phi) is 7.69. The second kappa shape index (κ2) is 9.34. The lowest BCUT2D eigenvalue weighted by molar-refractivity contribution is 0.0696. The van der Waals surface area contributed by atoms with E-state index in [2.05, 4.69) is 5.32 Å². The van der Waals surface area contributed by atoms with Gasteiger partial charge in [-0.15, -0.1) is 0 Å². The van der Waals surface area contributed by atoms with Crippen LogP contribution in [0, 0.1) is 5.92 Å². The van der Waals surface area contributed by atoms with Crippen molar-refractivity contribution in [3.8, 4) is 5.75 Å². The van der Waals surface area contributed by atoms with E-state index in [1.54, 1.807) is 12.1 Å². The van der Waals surface area contributed by atoms with Crippen molar-refractivity contribution in [3.63, 3.8) is 0 Å². The van der Waals surface area contributed by atoms with E-state index >= 15 is 0 Å². The molecule has 0 heterocycles. The quantitative estimate of drug-likeness (QED) is 0.570. The van der Waals surface area contributed by atoms with E-state index in [9.17, 15) is 4.79 Å². The molecule has 0 saturated heterocycles. The summed E-state index contributed by atoms with van der Waals surface area (Å²) in [5.41, 5.74) is 0.230. The topological polar surface area (TPSA) is 78.8 Å². The Hall–Kier alpha value is -1.59. The number of carboxylic acids is 1. The number of aliphatic hydroxyl groups excluding tert-OH is 1. The SMILES string of the molecule is CC(CO)CCCNCCOc1cccc(C(=O)O)c1. The summed E-state index contributed by atoms with van der Waals surface area (Å²) in [6.07, 6.45) is 2.03. The predicted molar refractivity (Wildman–Crippen MR) is 77.2 cm³/mol. The van der Waals surface area contributed by atoms with Gasteiger partial charge in [-0.2, -0.15) is 0 Å². The van der Waals surface area contributed by atoms with Gasteiger partial charge in [0.05, 0.1) is 5.56 Å². The summed E-state index contributed by atoms with van der Waals surface area (Å²) in [4.78, 5) is 10.8. The molecule has 0 aromatic heterocycles. The predicted octanol–water partition coefficient (Wildman–Crippen LogP) is 1.76. The van der Waals surface area contributed by atoms with Crippen molar-refractivity contribution >= 4 is 5.97 Å². The maximum absolute atomic E-state index is 10.8. The molecule has 0 fully saturated rings. The van der Waals surface area contributed by atoms with Gasteiger partial charge in [0.25, 0.3) is 0 Å². The molecule has 0 amide bonds. The summed E-state index contributed by atoms with van der Waals surface area (Å²) in [5.74, 6) is -0.0287. The maximum Gasteiger partial charge on any atom is 0.335 e. The number of benzene rings is 1. The second-order valence-corrected chi connectivity index (χ2v) is 4.86. The summed E-state index contributed by atoms with van der Waals surface area (Å²) in [5, 5.41) is 21.0. The van der Waals surface area contributed by atoms with Gasteiger partial charge in [0.2, 0.25) is 0 Å². The van der Waals surface area contributed by atoms with E-state index in [1.807, 2.05) is 6.92 Å². The van der Waals surface area contributed by atoms with Crippen LogP contribution in [0.2, 0.25) is 0 Å². The van der Waals surface area contributed by atoms with Crippen LogP contribution in [-0.4, -0.2) is 42.5 Å². The fourth-order valence-electron chi connectivity index (χ4n) is 1.75. The van der Waals surface area contributed by atoms with E-state index in [1.165, 1.54) is 12.1 Å². The molecule has 0 saturated carbocycles. The average Bonchev–Trinajstić information content (AvgIpc) is 2.46. The Morgan fingerprint density at radius 3 is 2.90 bits per heavy atom. The number of carboxylic acid groups (broad SMARTS) is 1. The van der Waals surface area contributed by atoms with Crippen LogP contribution in [0.5, 0.6) is 5.75 Å². The number of hydrogen-bond donors (Lipinski definition) is 3. The lowest BCUT2D eigenvalue weighted by atomic mass is 10.1. The third-order valence-corrected chi connectivity index (χ3v) is 2.99. The van der Waals surface area contributed by atoms with Crippen molar-refractivity contribution in [3.05, 3.63) is 29.8 Å². The van der Waals surface area contributed by atoms with Crippen molar-refractivity contribution in [1.29, 1.82) is 0 Å². The van der Waals surface area contributed by atoms with Crippen molar-refractivity contribution < 1.29 is 19.7 Å². The van der Waals surface area contributed by atoms with E-state index in [-0.39, 0.29) is 12.2 Å². The fraction of sp³-hybridized carbons (Fsp3) is 0.533. The van der Waals surface area contributed by atoms with Crippen LogP contribution < -0.4 is 10.1 Å². The molecule has 0 aliphatic heterocycles. The van der Waals surface area contributed by atoms with Gasteiger partial charge < -0.3 is 20.3 Å². The highest BCUT2D eigenvalue weighted by molar-refractivity contribution is 5.87. The van der Waals surface area contributed by atoms with Crippen molar-refractivity contribution in [2.24, 2.45) is 5.92 Å². The summed E-state index contributed by atoms with van der Waals surface area (Å²) in [7, 11) is 0. The molecule has 1 aromatic carbocycles. The first kappa shape index (κ1) is 16.5. The van der Waals surface area contributed by atoms with Gasteiger partial charge in [-0.3, -0.25) is 0 Å². The van der Waals surface area contributed by atoms with Crippen LogP contribution in [0.15, 0.2) is 24.3 Å². The van der Waals surface area contributed by atoms with Crippen molar-refractivity contribution in [1.82, 2.24) is 5.32 Å². The molecular weight excluding hydrogens is 258 g/mol. The third-order valence-electron chi connectivity index (χ3n) is 2.99. The summed E-state index contributed by atoms with van der Waals surface area (Å²) < 4.78 is 5.48. The van der Waals surface area contributed by atoms with Gasteiger partial charge in [0.15, 0.2) is 0 Å². The van der Waals surface area contributed by atoms with Gasteiger partial charge in [0, 0.05) is 13.2 Å². The molecule has 112 valence electrons. The Balaban J connectivity index is 2.12. The van der Waals surface area contributed by atoms with Gasteiger partial charge in [-0.1, -0.05) is 13.0 Å². The van der Waals surface area contributed by atoms with Crippen molar-refractivity contribution in [2.45, 2.75) is 19.8 Å². The minimum absolute atomic E-state index is 0.230. The number of aliphatic hydroxyl groups is 1. The zero-order chi connectivity index (χ0) is 14.8. The molecule has 20 heavy (non-hydrogen) atoms. The first-order valence-electron chi connectivity index (χ1n) is 6.91. The highest BCUT2D eigenvalue weighted by Crippen LogP contribution is 2.12. The lowest BCUT2D eigenvalue weighted by Gasteiger charge is -2.09. The molecule has 5 nitrogen and oxygen atoms in total. The molecule has 0 bridgehead atoms. The highest BCUT2D eigenvalue weighted by Gasteiger charge is 2.03. The first-order chi connectivity index (χ1) is 9.63. The van der Waals surface area contributed by atoms with Crippen LogP contribution >= 0.6 is 0 Å². The highest BCUT2D eigenvalue weighted by atomic mass is 16.5. The van der Waals surface area contributed by atoms with E-state index in [0.29, 0.717) is 24.8 Å². The zero-order valence-electron chi connectivity index (χ0n) is 11.8. The van der Waals surface area contributed by atoms with Crippen LogP contribution in [0.4, 0.5) is 0 Å². The Labute approximate surface area is 119 Å². The molecule has 1 atom stereocenters. The normalized spacial score (nSPS) is 12.1. The summed E-state index contributed by atoms with van der Waals surface area (Å²) in [6, 6.07) is 6.47. The molecule has 0 spiro atoms. The van der Waals surface area contributed by atoms with E-state index < -0.39 is 5.97 Å². The molecule has 0 aliphatic rings. The monoisotopic (exact) mass is 281 g/mol. The Morgan fingerprint density at radius 1 is 1.40 bits per heavy atom. The van der Waals surface area contributed by atoms with E-state index in [0.717, 1.165) is 19.4 Å². The molecule has 1 rings (SSSR count). The van der Waals surface area contributed by atoms with E-state index in [4.69, 9.17) is 14.9 Å².